The molecule has 1 atom stereocenters. The molecule has 1 N–H and O–H groups in total. The minimum atomic E-state index is -0.536. The Balaban J connectivity index is 1.24. The Morgan fingerprint density at radius 1 is 1.06 bits per heavy atom. The molecule has 8 nitrogen and oxygen atoms in total. The zero-order valence-electron chi connectivity index (χ0n) is 17.0. The maximum atomic E-state index is 13.1. The van der Waals surface area contributed by atoms with Crippen LogP contribution < -0.4 is 15.1 Å². The third-order valence-corrected chi connectivity index (χ3v) is 5.65. The highest BCUT2D eigenvalue weighted by atomic mass is 19.1. The molecule has 0 saturated carbocycles. The van der Waals surface area contributed by atoms with Crippen molar-refractivity contribution >= 4 is 29.2 Å². The van der Waals surface area contributed by atoms with Crippen molar-refractivity contribution in [3.8, 4) is 0 Å². The van der Waals surface area contributed by atoms with Crippen LogP contribution in [0.15, 0.2) is 48.7 Å². The summed E-state index contributed by atoms with van der Waals surface area (Å²) in [5.74, 6) is -0.689. The molecule has 162 valence electrons. The number of halogens is 1. The molecule has 0 aliphatic carbocycles. The number of anilines is 2. The molecule has 9 heteroatoms. The van der Waals surface area contributed by atoms with Gasteiger partial charge in [-0.15, -0.1) is 0 Å². The fraction of sp³-hybridized carbons (Fsp3) is 0.364. The highest BCUT2D eigenvalue weighted by Crippen LogP contribution is 2.25. The second kappa shape index (κ2) is 9.11. The van der Waals surface area contributed by atoms with E-state index >= 15 is 0 Å². The Hall–Kier alpha value is -3.49. The summed E-state index contributed by atoms with van der Waals surface area (Å²) in [7, 11) is 0. The van der Waals surface area contributed by atoms with Crippen LogP contribution >= 0.6 is 0 Å². The van der Waals surface area contributed by atoms with Crippen molar-refractivity contribution in [2.45, 2.75) is 6.42 Å². The predicted octanol–water partition coefficient (Wildman–Crippen LogP) is 1.04. The molecular weight excluding hydrogens is 401 g/mol. The van der Waals surface area contributed by atoms with Crippen molar-refractivity contribution in [2.75, 3.05) is 49.1 Å². The molecule has 2 saturated heterocycles. The number of hydrogen-bond donors (Lipinski definition) is 1. The Morgan fingerprint density at radius 3 is 2.48 bits per heavy atom. The van der Waals surface area contributed by atoms with Crippen molar-refractivity contribution < 1.29 is 18.8 Å². The standard InChI is InChI=1S/C22H24FN5O3/c23-17-4-6-18(7-5-17)28-15-16(13-20(28)29)22(31)25-14-21(30)27-11-9-26(10-12-27)19-3-1-2-8-24-19/h1-8,16H,9-15H2,(H,25,31)/t16-/m0/s1. The monoisotopic (exact) mass is 425 g/mol. The number of carbonyl (C=O) groups excluding carboxylic acids is 3. The van der Waals surface area contributed by atoms with Crippen LogP contribution in [0.1, 0.15) is 6.42 Å². The van der Waals surface area contributed by atoms with Crippen LogP contribution in [0, 0.1) is 11.7 Å². The predicted molar refractivity (Wildman–Crippen MR) is 113 cm³/mol. The SMILES string of the molecule is O=C(NCC(=O)N1CCN(c2ccccn2)CC1)[C@H]1CC(=O)N(c2ccc(F)cc2)C1. The molecule has 0 bridgehead atoms. The summed E-state index contributed by atoms with van der Waals surface area (Å²) in [5, 5.41) is 2.67. The summed E-state index contributed by atoms with van der Waals surface area (Å²) in [6.45, 7) is 2.61. The van der Waals surface area contributed by atoms with Gasteiger partial charge in [0, 0.05) is 51.0 Å². The lowest BCUT2D eigenvalue weighted by molar-refractivity contribution is -0.134. The molecule has 1 aromatic heterocycles. The summed E-state index contributed by atoms with van der Waals surface area (Å²) < 4.78 is 13.1. The largest absolute Gasteiger partial charge is 0.353 e. The van der Waals surface area contributed by atoms with E-state index in [0.29, 0.717) is 31.9 Å². The third kappa shape index (κ3) is 4.82. The minimum absolute atomic E-state index is 0.0696. The lowest BCUT2D eigenvalue weighted by Gasteiger charge is -2.35. The van der Waals surface area contributed by atoms with Crippen molar-refractivity contribution in [3.05, 3.63) is 54.5 Å². The number of amides is 3. The van der Waals surface area contributed by atoms with E-state index in [1.54, 1.807) is 11.1 Å². The van der Waals surface area contributed by atoms with E-state index in [1.807, 2.05) is 18.2 Å². The first-order valence-electron chi connectivity index (χ1n) is 10.3. The molecule has 1 aromatic carbocycles. The summed E-state index contributed by atoms with van der Waals surface area (Å²) in [5.41, 5.74) is 0.559. The zero-order valence-corrected chi connectivity index (χ0v) is 17.0. The van der Waals surface area contributed by atoms with E-state index in [-0.39, 0.29) is 43.0 Å². The number of carbonyl (C=O) groups is 3. The van der Waals surface area contributed by atoms with Gasteiger partial charge in [-0.2, -0.15) is 0 Å². The number of pyridine rings is 1. The molecule has 2 aromatic rings. The summed E-state index contributed by atoms with van der Waals surface area (Å²) in [4.78, 5) is 46.9. The van der Waals surface area contributed by atoms with Crippen LogP contribution in [0.3, 0.4) is 0 Å². The van der Waals surface area contributed by atoms with Gasteiger partial charge in [0.1, 0.15) is 11.6 Å². The number of aromatic nitrogens is 1. The van der Waals surface area contributed by atoms with Crippen molar-refractivity contribution in [2.24, 2.45) is 5.92 Å². The molecule has 3 heterocycles. The van der Waals surface area contributed by atoms with Gasteiger partial charge >= 0.3 is 0 Å². The van der Waals surface area contributed by atoms with E-state index in [9.17, 15) is 18.8 Å². The second-order valence-electron chi connectivity index (χ2n) is 7.66. The van der Waals surface area contributed by atoms with Gasteiger partial charge < -0.3 is 20.0 Å². The number of rotatable bonds is 5. The Labute approximate surface area is 179 Å². The first-order chi connectivity index (χ1) is 15.0. The van der Waals surface area contributed by atoms with Crippen LogP contribution in [0.25, 0.3) is 0 Å². The van der Waals surface area contributed by atoms with Crippen LogP contribution in [-0.2, 0) is 14.4 Å². The van der Waals surface area contributed by atoms with Gasteiger partial charge in [-0.25, -0.2) is 9.37 Å². The highest BCUT2D eigenvalue weighted by molar-refractivity contribution is 6.00. The van der Waals surface area contributed by atoms with Crippen molar-refractivity contribution in [3.63, 3.8) is 0 Å². The van der Waals surface area contributed by atoms with Crippen molar-refractivity contribution in [1.82, 2.24) is 15.2 Å². The van der Waals surface area contributed by atoms with Gasteiger partial charge in [0.25, 0.3) is 0 Å². The minimum Gasteiger partial charge on any atom is -0.353 e. The molecule has 31 heavy (non-hydrogen) atoms. The number of benzene rings is 1. The number of hydrogen-bond acceptors (Lipinski definition) is 5. The lowest BCUT2D eigenvalue weighted by atomic mass is 10.1. The van der Waals surface area contributed by atoms with E-state index in [4.69, 9.17) is 0 Å². The van der Waals surface area contributed by atoms with Crippen LogP contribution in [0.5, 0.6) is 0 Å². The van der Waals surface area contributed by atoms with E-state index in [2.05, 4.69) is 15.2 Å². The van der Waals surface area contributed by atoms with Gasteiger partial charge in [0.2, 0.25) is 17.7 Å². The normalized spacial score (nSPS) is 18.9. The number of piperazine rings is 1. The summed E-state index contributed by atoms with van der Waals surface area (Å²) in [6, 6.07) is 11.3. The van der Waals surface area contributed by atoms with E-state index in [0.717, 1.165) is 5.82 Å². The second-order valence-corrected chi connectivity index (χ2v) is 7.66. The third-order valence-electron chi connectivity index (χ3n) is 5.65. The highest BCUT2D eigenvalue weighted by Gasteiger charge is 2.35. The van der Waals surface area contributed by atoms with Crippen LogP contribution in [0.2, 0.25) is 0 Å². The summed E-state index contributed by atoms with van der Waals surface area (Å²) in [6.07, 6.45) is 1.81. The van der Waals surface area contributed by atoms with Crippen LogP contribution in [-0.4, -0.2) is 66.9 Å². The molecule has 2 fully saturated rings. The molecular formula is C22H24FN5O3. The summed E-state index contributed by atoms with van der Waals surface area (Å²) >= 11 is 0. The van der Waals surface area contributed by atoms with Gasteiger partial charge in [0.15, 0.2) is 0 Å². The molecule has 4 rings (SSSR count). The molecule has 0 radical (unpaired) electrons. The Bertz CT molecular complexity index is 945. The molecule has 2 aliphatic rings. The average molecular weight is 425 g/mol. The first-order valence-corrected chi connectivity index (χ1v) is 10.3. The maximum Gasteiger partial charge on any atom is 0.242 e. The molecule has 0 spiro atoms. The molecule has 3 amide bonds. The van der Waals surface area contributed by atoms with Crippen LogP contribution in [0.4, 0.5) is 15.9 Å². The quantitative estimate of drug-likeness (QED) is 0.774. The number of nitrogens with zero attached hydrogens (tertiary/aromatic N) is 4. The zero-order chi connectivity index (χ0) is 21.8. The van der Waals surface area contributed by atoms with E-state index < -0.39 is 5.92 Å². The van der Waals surface area contributed by atoms with Gasteiger partial charge in [-0.05, 0) is 36.4 Å². The fourth-order valence-corrected chi connectivity index (χ4v) is 3.90. The smallest absolute Gasteiger partial charge is 0.242 e. The Morgan fingerprint density at radius 2 is 1.81 bits per heavy atom. The molecule has 2 aliphatic heterocycles. The lowest BCUT2D eigenvalue weighted by Crippen LogP contribution is -2.51. The first kappa shape index (κ1) is 20.8. The van der Waals surface area contributed by atoms with E-state index in [1.165, 1.54) is 29.2 Å². The van der Waals surface area contributed by atoms with Gasteiger partial charge in [-0.1, -0.05) is 6.07 Å². The molecule has 0 unspecified atom stereocenters. The van der Waals surface area contributed by atoms with Gasteiger partial charge in [0.05, 0.1) is 12.5 Å². The maximum absolute atomic E-state index is 13.1. The van der Waals surface area contributed by atoms with Gasteiger partial charge in [-0.3, -0.25) is 14.4 Å². The topological polar surface area (TPSA) is 85.9 Å². The van der Waals surface area contributed by atoms with Crippen molar-refractivity contribution in [1.29, 1.82) is 0 Å². The number of nitrogens with one attached hydrogen (secondary N) is 1. The fourth-order valence-electron chi connectivity index (χ4n) is 3.90. The Kier molecular flexibility index (Phi) is 6.11. The average Bonchev–Trinajstić information content (AvgIpc) is 3.20.